The zero-order valence-corrected chi connectivity index (χ0v) is 14.0. The second kappa shape index (κ2) is 7.42. The first-order valence-electron chi connectivity index (χ1n) is 8.24. The maximum Gasteiger partial charge on any atom is 0.249 e. The molecule has 2 amide bonds. The van der Waals surface area contributed by atoms with Gasteiger partial charge in [0.25, 0.3) is 0 Å². The third-order valence-electron chi connectivity index (χ3n) is 4.26. The van der Waals surface area contributed by atoms with E-state index < -0.39 is 6.04 Å². The summed E-state index contributed by atoms with van der Waals surface area (Å²) in [5, 5.41) is 6.73. The largest absolute Gasteiger partial charge is 0.344 e. The van der Waals surface area contributed by atoms with Crippen molar-refractivity contribution in [3.05, 3.63) is 42.2 Å². The minimum Gasteiger partial charge on any atom is -0.344 e. The molecule has 132 valence electrons. The molecule has 1 aliphatic heterocycles. The van der Waals surface area contributed by atoms with Crippen LogP contribution in [0.4, 0.5) is 10.1 Å². The topological polar surface area (TPSA) is 80.1 Å². The highest BCUT2D eigenvalue weighted by atomic mass is 19.1. The normalized spacial score (nSPS) is 17.6. The highest BCUT2D eigenvalue weighted by Crippen LogP contribution is 2.25. The van der Waals surface area contributed by atoms with Gasteiger partial charge in [0.15, 0.2) is 0 Å². The molecule has 0 radical (unpaired) electrons. The van der Waals surface area contributed by atoms with E-state index in [1.165, 1.54) is 24.8 Å². The zero-order chi connectivity index (χ0) is 17.8. The molecule has 0 saturated carbocycles. The van der Waals surface area contributed by atoms with Crippen molar-refractivity contribution in [3.8, 4) is 0 Å². The van der Waals surface area contributed by atoms with Crippen LogP contribution in [0.1, 0.15) is 24.8 Å². The number of amides is 2. The Morgan fingerprint density at radius 1 is 1.44 bits per heavy atom. The van der Waals surface area contributed by atoms with E-state index in [-0.39, 0.29) is 24.1 Å². The van der Waals surface area contributed by atoms with Crippen LogP contribution in [-0.4, -0.2) is 39.2 Å². The van der Waals surface area contributed by atoms with Gasteiger partial charge in [-0.3, -0.25) is 14.3 Å². The van der Waals surface area contributed by atoms with Gasteiger partial charge in [-0.1, -0.05) is 0 Å². The average Bonchev–Trinajstić information content (AvgIpc) is 3.09. The van der Waals surface area contributed by atoms with Gasteiger partial charge in [0.05, 0.1) is 6.54 Å². The minimum atomic E-state index is -0.554. The molecule has 1 N–H and O–H groups in total. The summed E-state index contributed by atoms with van der Waals surface area (Å²) in [4.78, 5) is 30.3. The van der Waals surface area contributed by atoms with Gasteiger partial charge in [-0.05, 0) is 43.5 Å². The summed E-state index contributed by atoms with van der Waals surface area (Å²) < 4.78 is 14.9. The molecule has 1 aromatic carbocycles. The molecule has 0 aliphatic carbocycles. The summed E-state index contributed by atoms with van der Waals surface area (Å²) in [5.74, 6) is -0.690. The fourth-order valence-electron chi connectivity index (χ4n) is 3.00. The van der Waals surface area contributed by atoms with Gasteiger partial charge in [-0.15, -0.1) is 0 Å². The number of piperidine rings is 1. The SMILES string of the molecule is Cc1cc(F)ccc1N1CCC[C@@H](NC(=O)CCn2cncn2)C1=O. The molecular formula is C17H20FN5O2. The molecule has 3 rings (SSSR count). The average molecular weight is 345 g/mol. The van der Waals surface area contributed by atoms with Crippen LogP contribution in [0.25, 0.3) is 0 Å². The van der Waals surface area contributed by atoms with E-state index in [1.807, 2.05) is 0 Å². The third kappa shape index (κ3) is 4.01. The molecular weight excluding hydrogens is 325 g/mol. The maximum absolute atomic E-state index is 13.3. The van der Waals surface area contributed by atoms with Crippen molar-refractivity contribution in [2.75, 3.05) is 11.4 Å². The fraction of sp³-hybridized carbons (Fsp3) is 0.412. The zero-order valence-electron chi connectivity index (χ0n) is 14.0. The monoisotopic (exact) mass is 345 g/mol. The summed E-state index contributed by atoms with van der Waals surface area (Å²) >= 11 is 0. The van der Waals surface area contributed by atoms with E-state index in [4.69, 9.17) is 0 Å². The first-order chi connectivity index (χ1) is 12.0. The number of benzene rings is 1. The van der Waals surface area contributed by atoms with Crippen molar-refractivity contribution in [1.82, 2.24) is 20.1 Å². The van der Waals surface area contributed by atoms with Crippen LogP contribution < -0.4 is 10.2 Å². The van der Waals surface area contributed by atoms with Crippen molar-refractivity contribution in [3.63, 3.8) is 0 Å². The maximum atomic E-state index is 13.3. The first kappa shape index (κ1) is 17.1. The van der Waals surface area contributed by atoms with E-state index in [2.05, 4.69) is 15.4 Å². The molecule has 1 saturated heterocycles. The number of carbonyl (C=O) groups is 2. The van der Waals surface area contributed by atoms with Gasteiger partial charge in [0.1, 0.15) is 24.5 Å². The fourth-order valence-corrected chi connectivity index (χ4v) is 3.00. The minimum absolute atomic E-state index is 0.157. The Hall–Kier alpha value is -2.77. The van der Waals surface area contributed by atoms with Crippen LogP contribution in [0.5, 0.6) is 0 Å². The predicted octanol–water partition coefficient (Wildman–Crippen LogP) is 1.43. The number of rotatable bonds is 5. The van der Waals surface area contributed by atoms with Crippen molar-refractivity contribution in [1.29, 1.82) is 0 Å². The quantitative estimate of drug-likeness (QED) is 0.889. The van der Waals surface area contributed by atoms with Gasteiger partial charge in [-0.25, -0.2) is 9.37 Å². The Morgan fingerprint density at radius 3 is 3.00 bits per heavy atom. The van der Waals surface area contributed by atoms with Crippen molar-refractivity contribution < 1.29 is 14.0 Å². The number of aromatic nitrogens is 3. The number of nitrogens with zero attached hydrogens (tertiary/aromatic N) is 4. The van der Waals surface area contributed by atoms with Gasteiger partial charge in [-0.2, -0.15) is 5.10 Å². The number of carbonyl (C=O) groups excluding carboxylic acids is 2. The number of nitrogens with one attached hydrogen (secondary N) is 1. The van der Waals surface area contributed by atoms with E-state index in [1.54, 1.807) is 22.6 Å². The number of aryl methyl sites for hydroxylation is 2. The Balaban J connectivity index is 1.62. The highest BCUT2D eigenvalue weighted by Gasteiger charge is 2.31. The van der Waals surface area contributed by atoms with Crippen LogP contribution in [-0.2, 0) is 16.1 Å². The predicted molar refractivity (Wildman–Crippen MR) is 89.3 cm³/mol. The number of halogens is 1. The highest BCUT2D eigenvalue weighted by molar-refractivity contribution is 6.00. The molecule has 1 aromatic heterocycles. The van der Waals surface area contributed by atoms with Crippen LogP contribution in [0.2, 0.25) is 0 Å². The molecule has 2 heterocycles. The Bertz CT molecular complexity index is 762. The molecule has 0 spiro atoms. The summed E-state index contributed by atoms with van der Waals surface area (Å²) in [7, 11) is 0. The van der Waals surface area contributed by atoms with Crippen molar-refractivity contribution in [2.45, 2.75) is 38.8 Å². The van der Waals surface area contributed by atoms with E-state index >= 15 is 0 Å². The van der Waals surface area contributed by atoms with E-state index in [0.29, 0.717) is 30.8 Å². The standard InChI is InChI=1S/C17H20FN5O2/c1-12-9-13(18)4-5-15(12)23-7-2-3-14(17(23)25)21-16(24)6-8-22-11-19-10-20-22/h4-5,9-11,14H,2-3,6-8H2,1H3,(H,21,24)/t14-/m1/s1. The van der Waals surface area contributed by atoms with Crippen LogP contribution >= 0.6 is 0 Å². The summed E-state index contributed by atoms with van der Waals surface area (Å²) in [5.41, 5.74) is 1.39. The summed E-state index contributed by atoms with van der Waals surface area (Å²) in [6.45, 7) is 2.75. The lowest BCUT2D eigenvalue weighted by atomic mass is 10.0. The molecule has 7 nitrogen and oxygen atoms in total. The lowest BCUT2D eigenvalue weighted by molar-refractivity contribution is -0.128. The van der Waals surface area contributed by atoms with Crippen LogP contribution in [0, 0.1) is 12.7 Å². The van der Waals surface area contributed by atoms with Crippen LogP contribution in [0.3, 0.4) is 0 Å². The summed E-state index contributed by atoms with van der Waals surface area (Å²) in [6, 6.07) is 3.80. The van der Waals surface area contributed by atoms with Crippen molar-refractivity contribution >= 4 is 17.5 Å². The molecule has 1 atom stereocenters. The van der Waals surface area contributed by atoms with Crippen molar-refractivity contribution in [2.24, 2.45) is 0 Å². The lowest BCUT2D eigenvalue weighted by Crippen LogP contribution is -2.52. The third-order valence-corrected chi connectivity index (χ3v) is 4.26. The number of hydrogen-bond acceptors (Lipinski definition) is 4. The number of hydrogen-bond donors (Lipinski definition) is 1. The summed E-state index contributed by atoms with van der Waals surface area (Å²) in [6.07, 6.45) is 4.55. The molecule has 25 heavy (non-hydrogen) atoms. The van der Waals surface area contributed by atoms with E-state index in [0.717, 1.165) is 6.42 Å². The van der Waals surface area contributed by atoms with Crippen LogP contribution in [0.15, 0.2) is 30.9 Å². The van der Waals surface area contributed by atoms with Gasteiger partial charge < -0.3 is 10.2 Å². The van der Waals surface area contributed by atoms with E-state index in [9.17, 15) is 14.0 Å². The molecule has 0 unspecified atom stereocenters. The first-order valence-corrected chi connectivity index (χ1v) is 8.24. The molecule has 1 fully saturated rings. The second-order valence-corrected chi connectivity index (χ2v) is 6.09. The molecule has 0 bridgehead atoms. The van der Waals surface area contributed by atoms with Gasteiger partial charge in [0, 0.05) is 18.7 Å². The molecule has 8 heteroatoms. The van der Waals surface area contributed by atoms with Gasteiger partial charge in [0.2, 0.25) is 11.8 Å². The Morgan fingerprint density at radius 2 is 2.28 bits per heavy atom. The molecule has 1 aliphatic rings. The second-order valence-electron chi connectivity index (χ2n) is 6.09. The smallest absolute Gasteiger partial charge is 0.249 e. The lowest BCUT2D eigenvalue weighted by Gasteiger charge is -2.33. The van der Waals surface area contributed by atoms with Gasteiger partial charge >= 0.3 is 0 Å². The number of anilines is 1. The molecule has 2 aromatic rings. The Labute approximate surface area is 144 Å². The Kier molecular flexibility index (Phi) is 5.06.